The molecule has 2 rings (SSSR count). The highest BCUT2D eigenvalue weighted by molar-refractivity contribution is 5.68. The third kappa shape index (κ3) is 3.47. The van der Waals surface area contributed by atoms with Crippen molar-refractivity contribution in [3.63, 3.8) is 0 Å². The van der Waals surface area contributed by atoms with Crippen LogP contribution < -0.4 is 4.74 Å². The van der Waals surface area contributed by atoms with Gasteiger partial charge in [0.15, 0.2) is 0 Å². The molecule has 0 spiro atoms. The number of ether oxygens (including phenoxy) is 1. The zero-order valence-electron chi connectivity index (χ0n) is 10.7. The van der Waals surface area contributed by atoms with Crippen molar-refractivity contribution >= 4 is 5.69 Å². The van der Waals surface area contributed by atoms with Crippen molar-refractivity contribution in [2.45, 2.75) is 13.3 Å². The summed E-state index contributed by atoms with van der Waals surface area (Å²) in [6.07, 6.45) is -3.82. The van der Waals surface area contributed by atoms with Crippen LogP contribution in [0, 0.1) is 17.0 Å². The van der Waals surface area contributed by atoms with Gasteiger partial charge in [0, 0.05) is 11.1 Å². The molecule has 8 heteroatoms. The maximum absolute atomic E-state index is 12.4. The molecule has 0 saturated heterocycles. The van der Waals surface area contributed by atoms with Gasteiger partial charge < -0.3 is 4.74 Å². The number of aromatic nitrogens is 1. The van der Waals surface area contributed by atoms with Crippen molar-refractivity contribution in [1.29, 1.82) is 0 Å². The Hall–Kier alpha value is -2.64. The van der Waals surface area contributed by atoms with Gasteiger partial charge in [-0.15, -0.1) is 13.2 Å². The monoisotopic (exact) mass is 298 g/mol. The van der Waals surface area contributed by atoms with E-state index in [1.807, 2.05) is 0 Å². The van der Waals surface area contributed by atoms with Gasteiger partial charge in [0.1, 0.15) is 11.9 Å². The molecule has 0 bridgehead atoms. The zero-order valence-corrected chi connectivity index (χ0v) is 10.7. The SMILES string of the molecule is Cc1cc(-c2ccccc2OC(F)(F)F)ncc1[N+](=O)[O-]. The Morgan fingerprint density at radius 1 is 1.29 bits per heavy atom. The van der Waals surface area contributed by atoms with E-state index in [1.54, 1.807) is 0 Å². The molecule has 0 atom stereocenters. The molecule has 21 heavy (non-hydrogen) atoms. The summed E-state index contributed by atoms with van der Waals surface area (Å²) in [5.41, 5.74) is 0.366. The number of halogens is 3. The Labute approximate surface area is 117 Å². The Balaban J connectivity index is 2.47. The van der Waals surface area contributed by atoms with E-state index in [2.05, 4.69) is 9.72 Å². The van der Waals surface area contributed by atoms with Gasteiger partial charge in [-0.25, -0.2) is 4.98 Å². The molecule has 5 nitrogen and oxygen atoms in total. The molecule has 1 heterocycles. The summed E-state index contributed by atoms with van der Waals surface area (Å²) in [6, 6.07) is 6.81. The van der Waals surface area contributed by atoms with Crippen molar-refractivity contribution < 1.29 is 22.8 Å². The molecule has 1 aromatic carbocycles. The van der Waals surface area contributed by atoms with E-state index < -0.39 is 17.0 Å². The molecule has 0 aliphatic rings. The van der Waals surface area contributed by atoms with Crippen LogP contribution in [0.15, 0.2) is 36.5 Å². The van der Waals surface area contributed by atoms with E-state index >= 15 is 0 Å². The zero-order chi connectivity index (χ0) is 15.6. The molecule has 0 fully saturated rings. The maximum Gasteiger partial charge on any atom is 0.573 e. The Bertz CT molecular complexity index is 687. The van der Waals surface area contributed by atoms with Gasteiger partial charge in [-0.05, 0) is 25.1 Å². The lowest BCUT2D eigenvalue weighted by atomic mass is 10.1. The normalized spacial score (nSPS) is 11.2. The fraction of sp³-hybridized carbons (Fsp3) is 0.154. The second kappa shape index (κ2) is 5.39. The van der Waals surface area contributed by atoms with Gasteiger partial charge in [-0.1, -0.05) is 12.1 Å². The van der Waals surface area contributed by atoms with Crippen LogP contribution in [0.3, 0.4) is 0 Å². The lowest BCUT2D eigenvalue weighted by Gasteiger charge is -2.13. The third-order valence-electron chi connectivity index (χ3n) is 2.67. The minimum Gasteiger partial charge on any atom is -0.405 e. The molecule has 0 saturated carbocycles. The Kier molecular flexibility index (Phi) is 3.79. The van der Waals surface area contributed by atoms with Crippen molar-refractivity contribution in [3.8, 4) is 17.0 Å². The van der Waals surface area contributed by atoms with E-state index in [1.165, 1.54) is 31.2 Å². The third-order valence-corrected chi connectivity index (χ3v) is 2.67. The number of hydrogen-bond donors (Lipinski definition) is 0. The summed E-state index contributed by atoms with van der Waals surface area (Å²) in [5, 5.41) is 10.7. The number of para-hydroxylation sites is 1. The van der Waals surface area contributed by atoms with Gasteiger partial charge in [-0.3, -0.25) is 10.1 Å². The molecule has 110 valence electrons. The molecule has 0 radical (unpaired) electrons. The van der Waals surface area contributed by atoms with Crippen LogP contribution in [0.5, 0.6) is 5.75 Å². The highest BCUT2D eigenvalue weighted by atomic mass is 19.4. The van der Waals surface area contributed by atoms with E-state index in [9.17, 15) is 23.3 Å². The first-order valence-electron chi connectivity index (χ1n) is 5.74. The summed E-state index contributed by atoms with van der Waals surface area (Å²) in [6.45, 7) is 1.48. The summed E-state index contributed by atoms with van der Waals surface area (Å²) >= 11 is 0. The number of aryl methyl sites for hydroxylation is 1. The van der Waals surface area contributed by atoms with Crippen molar-refractivity contribution in [1.82, 2.24) is 4.98 Å². The number of hydrogen-bond acceptors (Lipinski definition) is 4. The first-order valence-corrected chi connectivity index (χ1v) is 5.74. The maximum atomic E-state index is 12.4. The van der Waals surface area contributed by atoms with Gasteiger partial charge in [0.05, 0.1) is 10.6 Å². The van der Waals surface area contributed by atoms with E-state index in [-0.39, 0.29) is 16.9 Å². The highest BCUT2D eigenvalue weighted by Crippen LogP contribution is 2.33. The van der Waals surface area contributed by atoms with Crippen molar-refractivity contribution in [2.75, 3.05) is 0 Å². The minimum atomic E-state index is -4.83. The van der Waals surface area contributed by atoms with Crippen LogP contribution in [-0.2, 0) is 0 Å². The fourth-order valence-electron chi connectivity index (χ4n) is 1.78. The predicted octanol–water partition coefficient (Wildman–Crippen LogP) is 3.86. The Morgan fingerprint density at radius 2 is 1.95 bits per heavy atom. The van der Waals surface area contributed by atoms with Crippen LogP contribution >= 0.6 is 0 Å². The van der Waals surface area contributed by atoms with Gasteiger partial charge in [-0.2, -0.15) is 0 Å². The molecular weight excluding hydrogens is 289 g/mol. The summed E-state index contributed by atoms with van der Waals surface area (Å²) in [5.74, 6) is -0.411. The number of nitro groups is 1. The molecule has 0 aliphatic heterocycles. The molecule has 0 N–H and O–H groups in total. The first-order chi connectivity index (χ1) is 9.78. The number of alkyl halides is 3. The van der Waals surface area contributed by atoms with Crippen LogP contribution in [0.25, 0.3) is 11.3 Å². The van der Waals surface area contributed by atoms with Crippen LogP contribution in [0.1, 0.15) is 5.56 Å². The molecule has 0 amide bonds. The summed E-state index contributed by atoms with van der Waals surface area (Å²) < 4.78 is 41.0. The van der Waals surface area contributed by atoms with Gasteiger partial charge in [0.2, 0.25) is 0 Å². The minimum absolute atomic E-state index is 0.104. The summed E-state index contributed by atoms with van der Waals surface area (Å²) in [7, 11) is 0. The average molecular weight is 298 g/mol. The lowest BCUT2D eigenvalue weighted by Crippen LogP contribution is -2.17. The number of nitrogens with zero attached hydrogens (tertiary/aromatic N) is 2. The van der Waals surface area contributed by atoms with E-state index in [0.717, 1.165) is 12.3 Å². The van der Waals surface area contributed by atoms with Gasteiger partial charge in [0.25, 0.3) is 5.69 Å². The lowest BCUT2D eigenvalue weighted by molar-refractivity contribution is -0.385. The fourth-order valence-corrected chi connectivity index (χ4v) is 1.78. The first kappa shape index (κ1) is 14.8. The van der Waals surface area contributed by atoms with Crippen molar-refractivity contribution in [2.24, 2.45) is 0 Å². The molecule has 1 aromatic heterocycles. The van der Waals surface area contributed by atoms with E-state index in [4.69, 9.17) is 0 Å². The second-order valence-corrected chi connectivity index (χ2v) is 4.16. The van der Waals surface area contributed by atoms with E-state index in [0.29, 0.717) is 5.56 Å². The summed E-state index contributed by atoms with van der Waals surface area (Å²) in [4.78, 5) is 13.9. The number of pyridine rings is 1. The van der Waals surface area contributed by atoms with Crippen LogP contribution in [0.4, 0.5) is 18.9 Å². The standard InChI is InChI=1S/C13H9F3N2O3/c1-8-6-10(17-7-11(8)18(19)20)9-4-2-3-5-12(9)21-13(14,15)16/h2-7H,1H3. The quantitative estimate of drug-likeness (QED) is 0.637. The van der Waals surface area contributed by atoms with Crippen molar-refractivity contribution in [3.05, 3.63) is 52.2 Å². The smallest absolute Gasteiger partial charge is 0.405 e. The number of benzene rings is 1. The topological polar surface area (TPSA) is 65.3 Å². The molecule has 2 aromatic rings. The predicted molar refractivity (Wildman–Crippen MR) is 67.7 cm³/mol. The molecule has 0 unspecified atom stereocenters. The molecule has 0 aliphatic carbocycles. The number of rotatable bonds is 3. The second-order valence-electron chi connectivity index (χ2n) is 4.16. The highest BCUT2D eigenvalue weighted by Gasteiger charge is 2.32. The average Bonchev–Trinajstić information content (AvgIpc) is 2.36. The largest absolute Gasteiger partial charge is 0.573 e. The van der Waals surface area contributed by atoms with Crippen LogP contribution in [0.2, 0.25) is 0 Å². The van der Waals surface area contributed by atoms with Gasteiger partial charge >= 0.3 is 6.36 Å². The van der Waals surface area contributed by atoms with Crippen LogP contribution in [-0.4, -0.2) is 16.3 Å². The Morgan fingerprint density at radius 3 is 2.52 bits per heavy atom. The molecular formula is C13H9F3N2O3.